The Bertz CT molecular complexity index is 184. The molecule has 14 heavy (non-hydrogen) atoms. The highest BCUT2D eigenvalue weighted by molar-refractivity contribution is 7.80. The van der Waals surface area contributed by atoms with Gasteiger partial charge in [0.05, 0.1) is 19.3 Å². The van der Waals surface area contributed by atoms with Crippen LogP contribution in [-0.2, 0) is 9.47 Å². The Morgan fingerprint density at radius 3 is 3.07 bits per heavy atom. The maximum absolute atomic E-state index is 5.24. The molecule has 4 nitrogen and oxygen atoms in total. The van der Waals surface area contributed by atoms with E-state index in [9.17, 15) is 0 Å². The lowest BCUT2D eigenvalue weighted by atomic mass is 10.3. The number of hydrogen-bond acceptors (Lipinski definition) is 3. The lowest BCUT2D eigenvalue weighted by Gasteiger charge is -2.18. The smallest absolute Gasteiger partial charge is 0.166 e. The van der Waals surface area contributed by atoms with Crippen LogP contribution in [0.3, 0.4) is 0 Å². The summed E-state index contributed by atoms with van der Waals surface area (Å²) in [5.74, 6) is 0. The van der Waals surface area contributed by atoms with Gasteiger partial charge in [0.25, 0.3) is 0 Å². The largest absolute Gasteiger partial charge is 0.383 e. The van der Waals surface area contributed by atoms with Crippen molar-refractivity contribution in [3.63, 3.8) is 0 Å². The van der Waals surface area contributed by atoms with Gasteiger partial charge < -0.3 is 20.1 Å². The second kappa shape index (κ2) is 6.16. The summed E-state index contributed by atoms with van der Waals surface area (Å²) in [6.07, 6.45) is 1.03. The summed E-state index contributed by atoms with van der Waals surface area (Å²) in [6.45, 7) is 4.26. The van der Waals surface area contributed by atoms with Crippen molar-refractivity contribution in [2.75, 3.05) is 26.9 Å². The minimum atomic E-state index is 0.238. The molecule has 1 saturated heterocycles. The maximum Gasteiger partial charge on any atom is 0.166 e. The molecule has 0 aliphatic carbocycles. The van der Waals surface area contributed by atoms with Crippen LogP contribution in [0.5, 0.6) is 0 Å². The van der Waals surface area contributed by atoms with E-state index in [2.05, 4.69) is 10.6 Å². The predicted molar refractivity (Wildman–Crippen MR) is 59.4 cm³/mol. The van der Waals surface area contributed by atoms with Crippen molar-refractivity contribution in [1.29, 1.82) is 0 Å². The quantitative estimate of drug-likeness (QED) is 0.663. The highest BCUT2D eigenvalue weighted by Gasteiger charge is 2.16. The zero-order chi connectivity index (χ0) is 10.4. The molecular formula is C9H18N2O2S. The highest BCUT2D eigenvalue weighted by atomic mass is 32.1. The molecule has 1 heterocycles. The predicted octanol–water partition coefficient (Wildman–Crippen LogP) is 0.274. The molecule has 1 aliphatic heterocycles. The lowest BCUT2D eigenvalue weighted by Crippen LogP contribution is -2.46. The first-order valence-corrected chi connectivity index (χ1v) is 5.27. The zero-order valence-electron chi connectivity index (χ0n) is 8.71. The van der Waals surface area contributed by atoms with E-state index in [0.717, 1.165) is 19.6 Å². The third-order valence-corrected chi connectivity index (χ3v) is 2.29. The van der Waals surface area contributed by atoms with Crippen LogP contribution in [0.4, 0.5) is 0 Å². The molecular weight excluding hydrogens is 200 g/mol. The standard InChI is InChI=1S/C9H18N2O2S/c1-7(5-12-2)10-9(14)11-8-3-4-13-6-8/h7-8H,3-6H2,1-2H3,(H2,10,11,14). The van der Waals surface area contributed by atoms with Gasteiger partial charge in [-0.1, -0.05) is 0 Å². The second-order valence-electron chi connectivity index (χ2n) is 3.53. The number of ether oxygens (including phenoxy) is 2. The van der Waals surface area contributed by atoms with E-state index in [0.29, 0.717) is 17.8 Å². The van der Waals surface area contributed by atoms with Crippen molar-refractivity contribution in [2.24, 2.45) is 0 Å². The Morgan fingerprint density at radius 2 is 2.50 bits per heavy atom. The topological polar surface area (TPSA) is 42.5 Å². The van der Waals surface area contributed by atoms with Crippen LogP contribution in [0.25, 0.3) is 0 Å². The van der Waals surface area contributed by atoms with Gasteiger partial charge in [-0.25, -0.2) is 0 Å². The van der Waals surface area contributed by atoms with Crippen LogP contribution >= 0.6 is 12.2 Å². The van der Waals surface area contributed by atoms with Crippen molar-refractivity contribution in [3.8, 4) is 0 Å². The molecule has 2 unspecified atom stereocenters. The molecule has 1 rings (SSSR count). The number of nitrogens with one attached hydrogen (secondary N) is 2. The van der Waals surface area contributed by atoms with E-state index in [4.69, 9.17) is 21.7 Å². The Kier molecular flexibility index (Phi) is 5.14. The summed E-state index contributed by atoms with van der Waals surface area (Å²) >= 11 is 5.15. The molecule has 2 N–H and O–H groups in total. The summed E-state index contributed by atoms with van der Waals surface area (Å²) in [5, 5.41) is 7.04. The summed E-state index contributed by atoms with van der Waals surface area (Å²) in [5.41, 5.74) is 0. The molecule has 1 aliphatic rings. The van der Waals surface area contributed by atoms with Crippen molar-refractivity contribution < 1.29 is 9.47 Å². The van der Waals surface area contributed by atoms with Gasteiger partial charge in [-0.05, 0) is 25.6 Å². The molecule has 0 aromatic heterocycles. The van der Waals surface area contributed by atoms with Gasteiger partial charge in [0, 0.05) is 19.8 Å². The van der Waals surface area contributed by atoms with E-state index in [1.807, 2.05) is 6.92 Å². The Labute approximate surface area is 90.3 Å². The van der Waals surface area contributed by atoms with Crippen molar-refractivity contribution >= 4 is 17.3 Å². The lowest BCUT2D eigenvalue weighted by molar-refractivity contribution is 0.178. The Balaban J connectivity index is 2.14. The normalized spacial score (nSPS) is 23.1. The minimum absolute atomic E-state index is 0.238. The molecule has 0 radical (unpaired) electrons. The fourth-order valence-electron chi connectivity index (χ4n) is 1.39. The first kappa shape index (κ1) is 11.7. The van der Waals surface area contributed by atoms with Crippen molar-refractivity contribution in [2.45, 2.75) is 25.4 Å². The van der Waals surface area contributed by atoms with Gasteiger partial charge in [-0.15, -0.1) is 0 Å². The fraction of sp³-hybridized carbons (Fsp3) is 0.889. The van der Waals surface area contributed by atoms with Crippen LogP contribution in [0.2, 0.25) is 0 Å². The summed E-state index contributed by atoms with van der Waals surface area (Å²) in [7, 11) is 1.68. The fourth-order valence-corrected chi connectivity index (χ4v) is 1.76. The molecule has 0 amide bonds. The van der Waals surface area contributed by atoms with Gasteiger partial charge in [0.1, 0.15) is 0 Å². The monoisotopic (exact) mass is 218 g/mol. The maximum atomic E-state index is 5.24. The van der Waals surface area contributed by atoms with Gasteiger partial charge in [-0.2, -0.15) is 0 Å². The summed E-state index contributed by atoms with van der Waals surface area (Å²) in [4.78, 5) is 0. The van der Waals surface area contributed by atoms with E-state index in [1.54, 1.807) is 7.11 Å². The van der Waals surface area contributed by atoms with E-state index in [1.165, 1.54) is 0 Å². The molecule has 2 atom stereocenters. The third-order valence-electron chi connectivity index (χ3n) is 2.06. The molecule has 1 fully saturated rings. The van der Waals surface area contributed by atoms with Gasteiger partial charge in [0.15, 0.2) is 5.11 Å². The van der Waals surface area contributed by atoms with Crippen LogP contribution in [0.15, 0.2) is 0 Å². The number of hydrogen-bond donors (Lipinski definition) is 2. The highest BCUT2D eigenvalue weighted by Crippen LogP contribution is 2.02. The third kappa shape index (κ3) is 4.21. The summed E-state index contributed by atoms with van der Waals surface area (Å²) in [6, 6.07) is 0.604. The van der Waals surface area contributed by atoms with E-state index in [-0.39, 0.29) is 6.04 Å². The Morgan fingerprint density at radius 1 is 1.71 bits per heavy atom. The van der Waals surface area contributed by atoms with Crippen LogP contribution in [0.1, 0.15) is 13.3 Å². The van der Waals surface area contributed by atoms with E-state index < -0.39 is 0 Å². The second-order valence-corrected chi connectivity index (χ2v) is 3.94. The molecule has 0 saturated carbocycles. The minimum Gasteiger partial charge on any atom is -0.383 e. The van der Waals surface area contributed by atoms with Gasteiger partial charge in [0.2, 0.25) is 0 Å². The van der Waals surface area contributed by atoms with E-state index >= 15 is 0 Å². The summed E-state index contributed by atoms with van der Waals surface area (Å²) < 4.78 is 10.2. The number of methoxy groups -OCH3 is 1. The SMILES string of the molecule is COCC(C)NC(=S)NC1CCOC1. The van der Waals surface area contributed by atoms with Gasteiger partial charge in [-0.3, -0.25) is 0 Å². The van der Waals surface area contributed by atoms with Gasteiger partial charge >= 0.3 is 0 Å². The van der Waals surface area contributed by atoms with Crippen LogP contribution in [-0.4, -0.2) is 44.1 Å². The first-order chi connectivity index (χ1) is 6.72. The average molecular weight is 218 g/mol. The molecule has 0 bridgehead atoms. The molecule has 5 heteroatoms. The van der Waals surface area contributed by atoms with Crippen molar-refractivity contribution in [1.82, 2.24) is 10.6 Å². The molecule has 82 valence electrons. The zero-order valence-corrected chi connectivity index (χ0v) is 9.52. The number of thiocarbonyl (C=S) groups is 1. The molecule has 0 aromatic carbocycles. The molecule has 0 spiro atoms. The number of rotatable bonds is 4. The average Bonchev–Trinajstić information content (AvgIpc) is 2.56. The first-order valence-electron chi connectivity index (χ1n) is 4.86. The van der Waals surface area contributed by atoms with Crippen molar-refractivity contribution in [3.05, 3.63) is 0 Å². The molecule has 0 aromatic rings. The Hall–Kier alpha value is -0.390. The van der Waals surface area contributed by atoms with Crippen LogP contribution < -0.4 is 10.6 Å². The van der Waals surface area contributed by atoms with Crippen LogP contribution in [0, 0.1) is 0 Å².